The van der Waals surface area contributed by atoms with Crippen molar-refractivity contribution in [2.45, 2.75) is 19.3 Å². The van der Waals surface area contributed by atoms with Crippen molar-refractivity contribution >= 4 is 23.2 Å². The average molecular weight is 225 g/mol. The number of halogens is 1. The summed E-state index contributed by atoms with van der Waals surface area (Å²) in [5.74, 6) is -0.0826. The minimum Gasteiger partial charge on any atom is -0.330 e. The Hall–Kier alpha value is -1.06. The lowest BCUT2D eigenvalue weighted by atomic mass is 9.99. The molecule has 1 aromatic rings. The molecule has 1 aliphatic rings. The highest BCUT2D eigenvalue weighted by molar-refractivity contribution is 6.31. The number of nitrogens with one attached hydrogen (secondary N) is 1. The molecular formula is C11H13ClN2O. The van der Waals surface area contributed by atoms with Crippen LogP contribution in [0.5, 0.6) is 0 Å². The number of carbonyl (C=O) groups is 1. The highest BCUT2D eigenvalue weighted by atomic mass is 35.5. The molecule has 0 saturated carbocycles. The zero-order valence-electron chi connectivity index (χ0n) is 8.51. The Morgan fingerprint density at radius 1 is 1.53 bits per heavy atom. The van der Waals surface area contributed by atoms with Crippen molar-refractivity contribution < 1.29 is 4.79 Å². The second-order valence-electron chi connectivity index (χ2n) is 3.78. The maximum atomic E-state index is 11.5. The molecule has 1 aromatic carbocycles. The van der Waals surface area contributed by atoms with Crippen molar-refractivity contribution in [3.8, 4) is 0 Å². The molecule has 1 amide bonds. The van der Waals surface area contributed by atoms with Crippen LogP contribution in [-0.2, 0) is 11.2 Å². The van der Waals surface area contributed by atoms with E-state index in [0.717, 1.165) is 23.2 Å². The summed E-state index contributed by atoms with van der Waals surface area (Å²) in [4.78, 5) is 11.5. The maximum absolute atomic E-state index is 11.5. The van der Waals surface area contributed by atoms with Gasteiger partial charge in [0, 0.05) is 10.7 Å². The number of benzene rings is 1. The third-order valence-electron chi connectivity index (χ3n) is 2.74. The molecule has 0 spiro atoms. The second kappa shape index (κ2) is 3.83. The third kappa shape index (κ3) is 1.73. The molecule has 80 valence electrons. The van der Waals surface area contributed by atoms with Gasteiger partial charge in [0.2, 0.25) is 5.91 Å². The monoisotopic (exact) mass is 224 g/mol. The first kappa shape index (κ1) is 10.5. The lowest BCUT2D eigenvalue weighted by molar-refractivity contribution is -0.116. The molecule has 0 aliphatic carbocycles. The van der Waals surface area contributed by atoms with E-state index in [4.69, 9.17) is 17.3 Å². The summed E-state index contributed by atoms with van der Waals surface area (Å²) >= 11 is 6.00. The van der Waals surface area contributed by atoms with E-state index in [9.17, 15) is 4.79 Å². The van der Waals surface area contributed by atoms with Gasteiger partial charge in [0.25, 0.3) is 0 Å². The van der Waals surface area contributed by atoms with Crippen LogP contribution in [0, 0.1) is 0 Å². The summed E-state index contributed by atoms with van der Waals surface area (Å²) in [6.45, 7) is 2.43. The summed E-state index contributed by atoms with van der Waals surface area (Å²) in [6, 6.07) is 3.71. The number of anilines is 1. The van der Waals surface area contributed by atoms with Crippen LogP contribution < -0.4 is 11.1 Å². The molecule has 4 heteroatoms. The Bertz CT molecular complexity index is 417. The molecule has 0 fully saturated rings. The van der Waals surface area contributed by atoms with Crippen LogP contribution in [0.3, 0.4) is 0 Å². The van der Waals surface area contributed by atoms with Gasteiger partial charge in [-0.1, -0.05) is 11.6 Å². The topological polar surface area (TPSA) is 55.1 Å². The van der Waals surface area contributed by atoms with Gasteiger partial charge in [0.1, 0.15) is 0 Å². The van der Waals surface area contributed by atoms with E-state index in [2.05, 4.69) is 5.32 Å². The number of nitrogens with two attached hydrogens (primary N) is 1. The molecule has 2 rings (SSSR count). The van der Waals surface area contributed by atoms with Crippen LogP contribution in [0.1, 0.15) is 24.0 Å². The second-order valence-corrected chi connectivity index (χ2v) is 4.22. The van der Waals surface area contributed by atoms with E-state index in [1.54, 1.807) is 0 Å². The molecule has 1 heterocycles. The van der Waals surface area contributed by atoms with Crippen molar-refractivity contribution in [1.29, 1.82) is 0 Å². The smallest absolute Gasteiger partial charge is 0.231 e. The van der Waals surface area contributed by atoms with Gasteiger partial charge in [0.05, 0.1) is 5.92 Å². The quantitative estimate of drug-likeness (QED) is 0.806. The Kier molecular flexibility index (Phi) is 2.67. The zero-order valence-corrected chi connectivity index (χ0v) is 9.27. The predicted octanol–water partition coefficient (Wildman–Crippen LogP) is 1.90. The normalized spacial score (nSPS) is 18.9. The van der Waals surface area contributed by atoms with Gasteiger partial charge in [-0.25, -0.2) is 0 Å². The van der Waals surface area contributed by atoms with E-state index in [1.165, 1.54) is 0 Å². The van der Waals surface area contributed by atoms with E-state index < -0.39 is 0 Å². The molecule has 0 bridgehead atoms. The minimum absolute atomic E-state index is 0.0329. The van der Waals surface area contributed by atoms with E-state index in [-0.39, 0.29) is 11.8 Å². The van der Waals surface area contributed by atoms with Gasteiger partial charge in [-0.15, -0.1) is 0 Å². The van der Waals surface area contributed by atoms with Crippen LogP contribution in [0.2, 0.25) is 5.02 Å². The van der Waals surface area contributed by atoms with Crippen LogP contribution in [0.15, 0.2) is 12.1 Å². The fourth-order valence-electron chi connectivity index (χ4n) is 1.91. The molecule has 1 aliphatic heterocycles. The van der Waals surface area contributed by atoms with Gasteiger partial charge < -0.3 is 11.1 Å². The van der Waals surface area contributed by atoms with E-state index in [0.29, 0.717) is 11.6 Å². The fourth-order valence-corrected chi connectivity index (χ4v) is 2.15. The highest BCUT2D eigenvalue weighted by Gasteiger charge is 2.28. The third-order valence-corrected chi connectivity index (χ3v) is 2.96. The lowest BCUT2D eigenvalue weighted by Gasteiger charge is -2.08. The first-order valence-electron chi connectivity index (χ1n) is 4.96. The lowest BCUT2D eigenvalue weighted by Crippen LogP contribution is -2.09. The molecule has 1 atom stereocenters. The van der Waals surface area contributed by atoms with Gasteiger partial charge in [0.15, 0.2) is 0 Å². The molecule has 3 nitrogen and oxygen atoms in total. The standard InChI is InChI=1S/C11H13ClN2O/c1-6-9-5-8(12)4-7(2-3-13)10(9)14-11(6)15/h4-6H,2-3,13H2,1H3,(H,14,15). The number of carbonyl (C=O) groups excluding carboxylic acids is 1. The van der Waals surface area contributed by atoms with Crippen molar-refractivity contribution in [3.63, 3.8) is 0 Å². The Morgan fingerprint density at radius 2 is 2.27 bits per heavy atom. The van der Waals surface area contributed by atoms with Crippen LogP contribution in [0.4, 0.5) is 5.69 Å². The van der Waals surface area contributed by atoms with Gasteiger partial charge in [-0.2, -0.15) is 0 Å². The van der Waals surface area contributed by atoms with Crippen LogP contribution in [0.25, 0.3) is 0 Å². The van der Waals surface area contributed by atoms with Gasteiger partial charge >= 0.3 is 0 Å². The highest BCUT2D eigenvalue weighted by Crippen LogP contribution is 2.37. The van der Waals surface area contributed by atoms with Gasteiger partial charge in [-0.3, -0.25) is 4.79 Å². The van der Waals surface area contributed by atoms with E-state index >= 15 is 0 Å². The average Bonchev–Trinajstić information content (AvgIpc) is 2.46. The molecule has 3 N–H and O–H groups in total. The molecule has 15 heavy (non-hydrogen) atoms. The Morgan fingerprint density at radius 3 is 2.93 bits per heavy atom. The molecule has 1 unspecified atom stereocenters. The maximum Gasteiger partial charge on any atom is 0.231 e. The number of hydrogen-bond donors (Lipinski definition) is 2. The zero-order chi connectivity index (χ0) is 11.0. The number of hydrogen-bond acceptors (Lipinski definition) is 2. The number of amides is 1. The summed E-state index contributed by atoms with van der Waals surface area (Å²) in [5.41, 5.74) is 8.43. The van der Waals surface area contributed by atoms with Gasteiger partial charge in [-0.05, 0) is 43.1 Å². The van der Waals surface area contributed by atoms with Crippen LogP contribution in [-0.4, -0.2) is 12.5 Å². The van der Waals surface area contributed by atoms with Crippen molar-refractivity contribution in [2.75, 3.05) is 11.9 Å². The summed E-state index contributed by atoms with van der Waals surface area (Å²) in [5, 5.41) is 3.54. The van der Waals surface area contributed by atoms with Crippen molar-refractivity contribution in [3.05, 3.63) is 28.3 Å². The van der Waals surface area contributed by atoms with Crippen LogP contribution >= 0.6 is 11.6 Å². The summed E-state index contributed by atoms with van der Waals surface area (Å²) in [7, 11) is 0. The predicted molar refractivity (Wildman–Crippen MR) is 61.3 cm³/mol. The molecule has 0 aromatic heterocycles. The molecular weight excluding hydrogens is 212 g/mol. The molecule has 0 saturated heterocycles. The first-order valence-corrected chi connectivity index (χ1v) is 5.34. The Balaban J connectivity index is 2.52. The van der Waals surface area contributed by atoms with Crippen molar-refractivity contribution in [1.82, 2.24) is 0 Å². The van der Waals surface area contributed by atoms with Crippen molar-refractivity contribution in [2.24, 2.45) is 5.73 Å². The van der Waals surface area contributed by atoms with E-state index in [1.807, 2.05) is 19.1 Å². The number of rotatable bonds is 2. The fraction of sp³-hybridized carbons (Fsp3) is 0.364. The minimum atomic E-state index is -0.116. The first-order chi connectivity index (χ1) is 7.13. The Labute approximate surface area is 93.6 Å². The number of fused-ring (bicyclic) bond motifs is 1. The SMILES string of the molecule is CC1C(=O)Nc2c(CCN)cc(Cl)cc21. The summed E-state index contributed by atoms with van der Waals surface area (Å²) < 4.78 is 0. The largest absolute Gasteiger partial charge is 0.330 e. The summed E-state index contributed by atoms with van der Waals surface area (Å²) in [6.07, 6.45) is 0.732. The molecule has 0 radical (unpaired) electrons.